The third-order valence-electron chi connectivity index (χ3n) is 3.29. The van der Waals surface area contributed by atoms with Gasteiger partial charge in [0.15, 0.2) is 0 Å². The van der Waals surface area contributed by atoms with Gasteiger partial charge in [-0.25, -0.2) is 8.78 Å². The minimum absolute atomic E-state index is 0.0250. The van der Waals surface area contributed by atoms with E-state index >= 15 is 0 Å². The fraction of sp³-hybridized carbons (Fsp3) is 0.562. The average molecular weight is 297 g/mol. The minimum atomic E-state index is -0.620. The molecule has 0 atom stereocenters. The molecule has 0 unspecified atom stereocenters. The van der Waals surface area contributed by atoms with Gasteiger partial charge in [0.2, 0.25) is 5.91 Å². The lowest BCUT2D eigenvalue weighted by atomic mass is 10.2. The second kappa shape index (κ2) is 6.10. The van der Waals surface area contributed by atoms with Gasteiger partial charge in [-0.3, -0.25) is 4.79 Å². The van der Waals surface area contributed by atoms with Crippen LogP contribution in [0, 0.1) is 11.6 Å². The number of hydrogen-bond acceptors (Lipinski definition) is 2. The molecule has 0 heterocycles. The quantitative estimate of drug-likeness (QED) is 0.835. The highest BCUT2D eigenvalue weighted by molar-refractivity contribution is 5.78. The topological polar surface area (TPSA) is 29.5 Å². The van der Waals surface area contributed by atoms with Crippen LogP contribution in [0.15, 0.2) is 18.2 Å². The van der Waals surface area contributed by atoms with Crippen LogP contribution in [-0.2, 0) is 16.1 Å². The first kappa shape index (κ1) is 15.9. The van der Waals surface area contributed by atoms with E-state index in [0.29, 0.717) is 5.56 Å². The monoisotopic (exact) mass is 297 g/mol. The first-order chi connectivity index (χ1) is 9.76. The zero-order valence-corrected chi connectivity index (χ0v) is 12.7. The molecule has 1 fully saturated rings. The summed E-state index contributed by atoms with van der Waals surface area (Å²) in [6.07, 6.45) is 1.84. The zero-order valence-electron chi connectivity index (χ0n) is 12.7. The molecule has 2 rings (SSSR count). The van der Waals surface area contributed by atoms with Crippen molar-refractivity contribution in [1.82, 2.24) is 4.90 Å². The number of carbonyl (C=O) groups excluding carboxylic acids is 1. The van der Waals surface area contributed by atoms with Crippen molar-refractivity contribution < 1.29 is 18.3 Å². The number of benzene rings is 1. The zero-order chi connectivity index (χ0) is 15.6. The van der Waals surface area contributed by atoms with Gasteiger partial charge in [0, 0.05) is 24.2 Å². The molecule has 1 aliphatic rings. The highest BCUT2D eigenvalue weighted by atomic mass is 19.1. The van der Waals surface area contributed by atoms with E-state index in [2.05, 4.69) is 0 Å². The molecule has 1 saturated carbocycles. The molecule has 0 aromatic heterocycles. The molecule has 21 heavy (non-hydrogen) atoms. The van der Waals surface area contributed by atoms with Gasteiger partial charge in [-0.05, 0) is 39.7 Å². The van der Waals surface area contributed by atoms with Crippen LogP contribution in [0.25, 0.3) is 0 Å². The third-order valence-corrected chi connectivity index (χ3v) is 3.29. The number of nitrogens with zero attached hydrogens (tertiary/aromatic N) is 1. The molecule has 3 nitrogen and oxygen atoms in total. The van der Waals surface area contributed by atoms with Crippen LogP contribution in [0.1, 0.15) is 39.2 Å². The van der Waals surface area contributed by atoms with E-state index in [1.807, 2.05) is 20.8 Å². The van der Waals surface area contributed by atoms with Gasteiger partial charge in [0.05, 0.1) is 5.60 Å². The fourth-order valence-electron chi connectivity index (χ4n) is 2.00. The molecule has 0 bridgehead atoms. The number of ether oxygens (including phenoxy) is 1. The first-order valence-electron chi connectivity index (χ1n) is 7.13. The number of amides is 1. The Morgan fingerprint density at radius 3 is 2.52 bits per heavy atom. The molecular weight excluding hydrogens is 276 g/mol. The SMILES string of the molecule is CC(C)(C)OCC(=O)N(Cc1ccc(F)cc1F)C1CC1. The van der Waals surface area contributed by atoms with Crippen molar-refractivity contribution in [3.05, 3.63) is 35.4 Å². The lowest BCUT2D eigenvalue weighted by molar-refractivity contribution is -0.142. The second-order valence-electron chi connectivity index (χ2n) is 6.39. The number of carbonyl (C=O) groups is 1. The van der Waals surface area contributed by atoms with Gasteiger partial charge in [0.1, 0.15) is 18.2 Å². The fourth-order valence-corrected chi connectivity index (χ4v) is 2.00. The molecule has 1 aromatic carbocycles. The molecule has 0 spiro atoms. The molecule has 5 heteroatoms. The van der Waals surface area contributed by atoms with E-state index in [9.17, 15) is 13.6 Å². The van der Waals surface area contributed by atoms with E-state index in [-0.39, 0.29) is 25.1 Å². The van der Waals surface area contributed by atoms with Crippen LogP contribution in [0.4, 0.5) is 8.78 Å². The molecule has 0 aliphatic heterocycles. The van der Waals surface area contributed by atoms with Gasteiger partial charge >= 0.3 is 0 Å². The smallest absolute Gasteiger partial charge is 0.249 e. The van der Waals surface area contributed by atoms with Crippen LogP contribution in [0.3, 0.4) is 0 Å². The summed E-state index contributed by atoms with van der Waals surface area (Å²) < 4.78 is 32.1. The van der Waals surface area contributed by atoms with Crippen molar-refractivity contribution in [3.8, 4) is 0 Å². The Bertz CT molecular complexity index is 521. The van der Waals surface area contributed by atoms with Crippen molar-refractivity contribution in [1.29, 1.82) is 0 Å². The van der Waals surface area contributed by atoms with E-state index in [4.69, 9.17) is 4.74 Å². The van der Waals surface area contributed by atoms with E-state index in [0.717, 1.165) is 18.9 Å². The lowest BCUT2D eigenvalue weighted by Crippen LogP contribution is -2.37. The standard InChI is InChI=1S/C16H21F2NO2/c1-16(2,3)21-10-15(20)19(13-6-7-13)9-11-4-5-12(17)8-14(11)18/h4-5,8,13H,6-7,9-10H2,1-3H3. The maximum absolute atomic E-state index is 13.7. The van der Waals surface area contributed by atoms with E-state index in [1.165, 1.54) is 12.1 Å². The van der Waals surface area contributed by atoms with Crippen LogP contribution < -0.4 is 0 Å². The third kappa shape index (κ3) is 4.77. The Morgan fingerprint density at radius 2 is 2.00 bits per heavy atom. The Labute approximate surface area is 123 Å². The lowest BCUT2D eigenvalue weighted by Gasteiger charge is -2.25. The van der Waals surface area contributed by atoms with Gasteiger partial charge in [-0.15, -0.1) is 0 Å². The van der Waals surface area contributed by atoms with Crippen LogP contribution in [0.2, 0.25) is 0 Å². The Morgan fingerprint density at radius 1 is 1.33 bits per heavy atom. The maximum Gasteiger partial charge on any atom is 0.249 e. The average Bonchev–Trinajstić information content (AvgIpc) is 3.18. The summed E-state index contributed by atoms with van der Waals surface area (Å²) in [6.45, 7) is 5.76. The Balaban J connectivity index is 2.04. The largest absolute Gasteiger partial charge is 0.366 e. The normalized spacial score (nSPS) is 15.1. The molecule has 1 aliphatic carbocycles. The Kier molecular flexibility index (Phi) is 4.61. The minimum Gasteiger partial charge on any atom is -0.366 e. The van der Waals surface area contributed by atoms with Crippen molar-refractivity contribution >= 4 is 5.91 Å². The Hall–Kier alpha value is -1.49. The summed E-state index contributed by atoms with van der Waals surface area (Å²) >= 11 is 0. The predicted molar refractivity (Wildman–Crippen MR) is 75.6 cm³/mol. The van der Waals surface area contributed by atoms with Crippen molar-refractivity contribution in [3.63, 3.8) is 0 Å². The van der Waals surface area contributed by atoms with E-state index in [1.54, 1.807) is 4.90 Å². The summed E-state index contributed by atoms with van der Waals surface area (Å²) in [5, 5.41) is 0. The summed E-state index contributed by atoms with van der Waals surface area (Å²) in [5.41, 5.74) is -0.0705. The highest BCUT2D eigenvalue weighted by Gasteiger charge is 2.33. The van der Waals surface area contributed by atoms with Crippen LogP contribution in [-0.4, -0.2) is 29.1 Å². The molecule has 0 N–H and O–H groups in total. The molecular formula is C16H21F2NO2. The van der Waals surface area contributed by atoms with Crippen LogP contribution in [0.5, 0.6) is 0 Å². The van der Waals surface area contributed by atoms with Crippen LogP contribution >= 0.6 is 0 Å². The molecule has 116 valence electrons. The number of rotatable bonds is 5. The number of hydrogen-bond donors (Lipinski definition) is 0. The van der Waals surface area contributed by atoms with Gasteiger partial charge in [-0.1, -0.05) is 6.07 Å². The summed E-state index contributed by atoms with van der Waals surface area (Å²) in [7, 11) is 0. The summed E-state index contributed by atoms with van der Waals surface area (Å²) in [5.74, 6) is -1.39. The van der Waals surface area contributed by atoms with Crippen molar-refractivity contribution in [2.24, 2.45) is 0 Å². The predicted octanol–water partition coefficient (Wildman–Crippen LogP) is 3.27. The second-order valence-corrected chi connectivity index (χ2v) is 6.39. The summed E-state index contributed by atoms with van der Waals surface area (Å²) in [4.78, 5) is 13.9. The van der Waals surface area contributed by atoms with Gasteiger partial charge < -0.3 is 9.64 Å². The maximum atomic E-state index is 13.7. The first-order valence-corrected chi connectivity index (χ1v) is 7.13. The van der Waals surface area contributed by atoms with Gasteiger partial charge in [-0.2, -0.15) is 0 Å². The molecule has 1 aromatic rings. The van der Waals surface area contributed by atoms with Crippen molar-refractivity contribution in [2.45, 2.75) is 51.8 Å². The molecule has 0 saturated heterocycles. The van der Waals surface area contributed by atoms with Gasteiger partial charge in [0.25, 0.3) is 0 Å². The molecule has 1 amide bonds. The number of halogens is 2. The molecule has 0 radical (unpaired) electrons. The summed E-state index contributed by atoms with van der Waals surface area (Å²) in [6, 6.07) is 3.58. The van der Waals surface area contributed by atoms with Crippen molar-refractivity contribution in [2.75, 3.05) is 6.61 Å². The highest BCUT2D eigenvalue weighted by Crippen LogP contribution is 2.29. The van der Waals surface area contributed by atoms with E-state index < -0.39 is 17.2 Å².